The fourth-order valence-electron chi connectivity index (χ4n) is 5.48. The summed E-state index contributed by atoms with van der Waals surface area (Å²) in [7, 11) is -1.36. The van der Waals surface area contributed by atoms with Gasteiger partial charge in [-0.05, 0) is 59.5 Å². The number of rotatable bonds is 6. The monoisotopic (exact) mass is 810 g/mol. The molecule has 6 heteroatoms. The van der Waals surface area contributed by atoms with E-state index < -0.39 is 13.5 Å². The Labute approximate surface area is 290 Å². The molecule has 0 aliphatic carbocycles. The van der Waals surface area contributed by atoms with Crippen molar-refractivity contribution in [3.8, 4) is 11.3 Å². The third-order valence-electron chi connectivity index (χ3n) is 9.12. The fourth-order valence-corrected chi connectivity index (χ4v) is 6.56. The van der Waals surface area contributed by atoms with E-state index in [1.807, 2.05) is 48.5 Å². The van der Waals surface area contributed by atoms with E-state index in [0.29, 0.717) is 0 Å². The standard InChI is InChI=1S/C27H25N2Si.C13H24O2.Ir/c1-17-16-20-8-6-7-9-22(20)23-14-15-24-26(28-18(2)29-27(24)25(17)23)19-10-12-21(13-11-19)30(3,4)5;1-7-13(6,8-2)11(15)9-10(14)12(3,4)5;/h6-10,12-16H,1-5H3;9,15H,7-8H2,1-6H3;/q-1;;/b;11-9-;. The van der Waals surface area contributed by atoms with Gasteiger partial charge in [-0.1, -0.05) is 104 Å². The molecule has 4 aromatic carbocycles. The number of aryl methyl sites for hydroxylation is 2. The minimum Gasteiger partial charge on any atom is -0.512 e. The molecule has 1 radical (unpaired) electrons. The molecule has 0 aliphatic rings. The summed E-state index contributed by atoms with van der Waals surface area (Å²) in [5, 5.41) is 17.4. The minimum absolute atomic E-state index is 0. The van der Waals surface area contributed by atoms with Crippen LogP contribution >= 0.6 is 0 Å². The molecular formula is C40H49IrN2O2Si-. The number of fused-ring (bicyclic) bond motifs is 5. The zero-order valence-electron chi connectivity index (χ0n) is 29.3. The Hall–Kier alpha value is -3.18. The van der Waals surface area contributed by atoms with Gasteiger partial charge in [0.2, 0.25) is 0 Å². The van der Waals surface area contributed by atoms with Gasteiger partial charge in [-0.3, -0.25) is 9.78 Å². The first-order valence-electron chi connectivity index (χ1n) is 16.1. The summed E-state index contributed by atoms with van der Waals surface area (Å²) < 4.78 is 0. The van der Waals surface area contributed by atoms with Gasteiger partial charge >= 0.3 is 0 Å². The topological polar surface area (TPSA) is 63.1 Å². The second kappa shape index (κ2) is 14.3. The molecule has 1 N–H and O–H groups in total. The zero-order valence-corrected chi connectivity index (χ0v) is 32.7. The van der Waals surface area contributed by atoms with Crippen molar-refractivity contribution in [3.63, 3.8) is 0 Å². The maximum absolute atomic E-state index is 11.7. The van der Waals surface area contributed by atoms with Crippen LogP contribution in [-0.2, 0) is 24.9 Å². The first kappa shape index (κ1) is 37.3. The van der Waals surface area contributed by atoms with E-state index in [2.05, 4.69) is 93.3 Å². The number of hydrogen-bond acceptors (Lipinski definition) is 4. The summed E-state index contributed by atoms with van der Waals surface area (Å²) in [5.41, 5.74) is 3.59. The maximum Gasteiger partial charge on any atom is 0.164 e. The maximum atomic E-state index is 11.7. The van der Waals surface area contributed by atoms with Crippen LogP contribution in [0.25, 0.3) is 43.7 Å². The first-order valence-corrected chi connectivity index (χ1v) is 19.6. The number of aliphatic hydroxyl groups is 1. The fraction of sp³-hybridized carbons (Fsp3) is 0.375. The van der Waals surface area contributed by atoms with Gasteiger partial charge < -0.3 is 5.11 Å². The third kappa shape index (κ3) is 7.85. The second-order valence-electron chi connectivity index (χ2n) is 14.6. The number of aliphatic hydroxyl groups excluding tert-OH is 1. The van der Waals surface area contributed by atoms with Crippen LogP contribution in [0, 0.1) is 30.7 Å². The summed E-state index contributed by atoms with van der Waals surface area (Å²) in [6.45, 7) is 22.8. The van der Waals surface area contributed by atoms with Crippen molar-refractivity contribution in [2.45, 2.75) is 87.9 Å². The Kier molecular flexibility index (Phi) is 11.6. The number of nitrogens with zero attached hydrogens (tertiary/aromatic N) is 2. The summed E-state index contributed by atoms with van der Waals surface area (Å²) in [6.07, 6.45) is 3.07. The second-order valence-corrected chi connectivity index (χ2v) is 19.6. The number of carbonyl (C=O) groups is 1. The molecule has 0 unspecified atom stereocenters. The van der Waals surface area contributed by atoms with Crippen LogP contribution in [0.15, 0.2) is 72.5 Å². The van der Waals surface area contributed by atoms with Gasteiger partial charge in [0.25, 0.3) is 0 Å². The van der Waals surface area contributed by atoms with Crippen LogP contribution in [0.2, 0.25) is 19.6 Å². The molecule has 245 valence electrons. The molecule has 0 fully saturated rings. The Bertz CT molecular complexity index is 1890. The Balaban J connectivity index is 0.000000309. The minimum atomic E-state index is -1.36. The SMILES string of the molecule is CCC(C)(CC)/C(O)=C/C(=O)C(C)(C)C.Cc1nc(-c2[c-]cc([Si](C)(C)C)cc2)c2ccc3c4ccccc4cc(C)c3c2n1.[Ir]. The molecule has 0 spiro atoms. The predicted molar refractivity (Wildman–Crippen MR) is 195 cm³/mol. The Morgan fingerprint density at radius 3 is 2.09 bits per heavy atom. The van der Waals surface area contributed by atoms with Gasteiger partial charge in [-0.25, -0.2) is 4.98 Å². The van der Waals surface area contributed by atoms with E-state index in [-0.39, 0.29) is 37.1 Å². The molecule has 46 heavy (non-hydrogen) atoms. The number of allylic oxidation sites excluding steroid dienone is 2. The van der Waals surface area contributed by atoms with Crippen molar-refractivity contribution in [2.24, 2.45) is 10.8 Å². The average molecular weight is 810 g/mol. The van der Waals surface area contributed by atoms with Gasteiger partial charge in [0.05, 0.1) is 5.52 Å². The van der Waals surface area contributed by atoms with Crippen LogP contribution in [-0.4, -0.2) is 28.9 Å². The molecule has 1 aromatic heterocycles. The van der Waals surface area contributed by atoms with E-state index >= 15 is 0 Å². The molecule has 5 aromatic rings. The van der Waals surface area contributed by atoms with E-state index in [0.717, 1.165) is 40.8 Å². The van der Waals surface area contributed by atoms with Crippen LogP contribution in [0.3, 0.4) is 0 Å². The zero-order chi connectivity index (χ0) is 33.3. The summed E-state index contributed by atoms with van der Waals surface area (Å²) >= 11 is 0. The van der Waals surface area contributed by atoms with E-state index in [9.17, 15) is 9.90 Å². The molecule has 0 saturated heterocycles. The molecule has 0 saturated carbocycles. The Morgan fingerprint density at radius 2 is 1.52 bits per heavy atom. The van der Waals surface area contributed by atoms with Gasteiger partial charge in [-0.2, -0.15) is 0 Å². The molecule has 0 bridgehead atoms. The van der Waals surface area contributed by atoms with Crippen LogP contribution in [0.4, 0.5) is 0 Å². The van der Waals surface area contributed by atoms with Gasteiger partial charge in [0.1, 0.15) is 11.6 Å². The van der Waals surface area contributed by atoms with Crippen LogP contribution in [0.1, 0.15) is 65.8 Å². The molecule has 4 nitrogen and oxygen atoms in total. The van der Waals surface area contributed by atoms with Gasteiger partial charge in [0.15, 0.2) is 5.78 Å². The molecule has 0 aliphatic heterocycles. The number of hydrogen-bond donors (Lipinski definition) is 1. The van der Waals surface area contributed by atoms with Crippen molar-refractivity contribution in [1.29, 1.82) is 0 Å². The smallest absolute Gasteiger partial charge is 0.164 e. The van der Waals surface area contributed by atoms with Gasteiger partial charge in [0, 0.05) is 50.5 Å². The van der Waals surface area contributed by atoms with Crippen LogP contribution in [0.5, 0.6) is 0 Å². The Morgan fingerprint density at radius 1 is 0.891 bits per heavy atom. The molecule has 0 amide bonds. The third-order valence-corrected chi connectivity index (χ3v) is 11.2. The quantitative estimate of drug-likeness (QED) is 0.0610. The molecule has 1 heterocycles. The molecule has 0 atom stereocenters. The van der Waals surface area contributed by atoms with E-state index in [4.69, 9.17) is 9.97 Å². The first-order chi connectivity index (χ1) is 21.0. The number of ketones is 1. The molecule has 5 rings (SSSR count). The average Bonchev–Trinajstić information content (AvgIpc) is 2.99. The van der Waals surface area contributed by atoms with Crippen molar-refractivity contribution in [2.75, 3.05) is 0 Å². The largest absolute Gasteiger partial charge is 0.512 e. The number of aromatic nitrogens is 2. The van der Waals surface area contributed by atoms with Crippen molar-refractivity contribution >= 4 is 51.5 Å². The van der Waals surface area contributed by atoms with Crippen molar-refractivity contribution in [1.82, 2.24) is 9.97 Å². The molecular weight excluding hydrogens is 761 g/mol. The predicted octanol–water partition coefficient (Wildman–Crippen LogP) is 10.4. The summed E-state index contributed by atoms with van der Waals surface area (Å²) in [5.74, 6) is 0.987. The summed E-state index contributed by atoms with van der Waals surface area (Å²) in [4.78, 5) is 21.4. The van der Waals surface area contributed by atoms with Gasteiger partial charge in [-0.15, -0.1) is 35.0 Å². The van der Waals surface area contributed by atoms with Crippen molar-refractivity contribution < 1.29 is 30.0 Å². The normalized spacial score (nSPS) is 12.5. The van der Waals surface area contributed by atoms with Crippen LogP contribution < -0.4 is 5.19 Å². The van der Waals surface area contributed by atoms with E-state index in [1.54, 1.807) is 0 Å². The van der Waals surface area contributed by atoms with Crippen molar-refractivity contribution in [3.05, 3.63) is 90.0 Å². The summed E-state index contributed by atoms with van der Waals surface area (Å²) in [6, 6.07) is 25.3. The number of carbonyl (C=O) groups excluding carboxylic acids is 1. The van der Waals surface area contributed by atoms with E-state index in [1.165, 1.54) is 38.4 Å². The number of benzene rings is 4.